The zero-order valence-electron chi connectivity index (χ0n) is 9.59. The Morgan fingerprint density at radius 2 is 1.62 bits per heavy atom. The summed E-state index contributed by atoms with van der Waals surface area (Å²) in [6, 6.07) is 3.52. The van der Waals surface area contributed by atoms with Gasteiger partial charge in [0, 0.05) is 19.3 Å². The van der Waals surface area contributed by atoms with Crippen LogP contribution in [0.1, 0.15) is 33.3 Å². The third-order valence-corrected chi connectivity index (χ3v) is 1.26. The molecule has 0 aromatic carbocycles. The molecule has 0 amide bonds. The lowest BCUT2D eigenvalue weighted by Crippen LogP contribution is -2.13. The number of rotatable bonds is 0. The van der Waals surface area contributed by atoms with Crippen molar-refractivity contribution in [1.29, 1.82) is 0 Å². The van der Waals surface area contributed by atoms with Crippen molar-refractivity contribution in [3.8, 4) is 0 Å². The zero-order valence-corrected chi connectivity index (χ0v) is 9.59. The molecule has 0 aliphatic heterocycles. The molecule has 1 aromatic rings. The van der Waals surface area contributed by atoms with E-state index in [1.54, 1.807) is 23.9 Å². The van der Waals surface area contributed by atoms with Gasteiger partial charge in [0.05, 0.1) is 0 Å². The van der Waals surface area contributed by atoms with Gasteiger partial charge < -0.3 is 4.57 Å². The van der Waals surface area contributed by atoms with Crippen molar-refractivity contribution >= 4 is 0 Å². The standard InChI is InChI=1S/C7H9NO.2C2H6/c1-6-3-4-8(2)7(9)5-6;2*1-2/h3-5H,1-2H3;2*1-2H3. The second-order valence-electron chi connectivity index (χ2n) is 2.15. The summed E-state index contributed by atoms with van der Waals surface area (Å²) in [5.74, 6) is 0. The van der Waals surface area contributed by atoms with Crippen molar-refractivity contribution in [3.05, 3.63) is 34.2 Å². The van der Waals surface area contributed by atoms with Crippen molar-refractivity contribution < 1.29 is 0 Å². The molecule has 1 heterocycles. The van der Waals surface area contributed by atoms with Crippen LogP contribution in [0.5, 0.6) is 0 Å². The largest absolute Gasteiger partial charge is 0.319 e. The Balaban J connectivity index is 0. The fourth-order valence-corrected chi connectivity index (χ4v) is 0.648. The summed E-state index contributed by atoms with van der Waals surface area (Å²) < 4.78 is 1.55. The summed E-state index contributed by atoms with van der Waals surface area (Å²) in [5.41, 5.74) is 1.06. The van der Waals surface area contributed by atoms with E-state index in [9.17, 15) is 4.79 Å². The number of hydrogen-bond acceptors (Lipinski definition) is 1. The van der Waals surface area contributed by atoms with Crippen LogP contribution in [0.4, 0.5) is 0 Å². The lowest BCUT2D eigenvalue weighted by Gasteiger charge is -1.94. The summed E-state index contributed by atoms with van der Waals surface area (Å²) in [4.78, 5) is 10.8. The molecule has 0 fully saturated rings. The highest BCUT2D eigenvalue weighted by molar-refractivity contribution is 5.07. The Morgan fingerprint density at radius 1 is 1.15 bits per heavy atom. The fourth-order valence-electron chi connectivity index (χ4n) is 0.648. The SMILES string of the molecule is CC.CC.Cc1ccn(C)c(=O)c1. The van der Waals surface area contributed by atoms with Gasteiger partial charge >= 0.3 is 0 Å². The second kappa shape index (κ2) is 9.04. The summed E-state index contributed by atoms with van der Waals surface area (Å²) >= 11 is 0. The maximum atomic E-state index is 10.8. The van der Waals surface area contributed by atoms with E-state index in [1.807, 2.05) is 40.7 Å². The van der Waals surface area contributed by atoms with E-state index in [0.717, 1.165) is 5.56 Å². The minimum Gasteiger partial charge on any atom is -0.319 e. The molecule has 0 radical (unpaired) electrons. The predicted octanol–water partition coefficient (Wildman–Crippen LogP) is 2.75. The Hall–Kier alpha value is -1.05. The highest BCUT2D eigenvalue weighted by Crippen LogP contribution is 1.87. The number of pyridine rings is 1. The molecule has 0 spiro atoms. The van der Waals surface area contributed by atoms with E-state index in [0.29, 0.717) is 0 Å². The van der Waals surface area contributed by atoms with Crippen molar-refractivity contribution in [3.63, 3.8) is 0 Å². The molecule has 13 heavy (non-hydrogen) atoms. The van der Waals surface area contributed by atoms with Gasteiger partial charge in [-0.2, -0.15) is 0 Å². The predicted molar refractivity (Wildman–Crippen MR) is 59.1 cm³/mol. The minimum absolute atomic E-state index is 0.0509. The summed E-state index contributed by atoms with van der Waals surface area (Å²) in [6.07, 6.45) is 1.76. The number of hydrogen-bond donors (Lipinski definition) is 0. The molecular formula is C11H21NO. The van der Waals surface area contributed by atoms with Crippen LogP contribution < -0.4 is 5.56 Å². The molecule has 0 atom stereocenters. The van der Waals surface area contributed by atoms with E-state index in [1.165, 1.54) is 0 Å². The first-order chi connectivity index (χ1) is 6.20. The maximum Gasteiger partial charge on any atom is 0.250 e. The van der Waals surface area contributed by atoms with Gasteiger partial charge in [-0.1, -0.05) is 27.7 Å². The van der Waals surface area contributed by atoms with Crippen LogP contribution in [0.25, 0.3) is 0 Å². The molecule has 0 saturated carbocycles. The summed E-state index contributed by atoms with van der Waals surface area (Å²) in [6.45, 7) is 9.90. The minimum atomic E-state index is 0.0509. The van der Waals surface area contributed by atoms with Crippen molar-refractivity contribution in [2.45, 2.75) is 34.6 Å². The average molecular weight is 183 g/mol. The molecule has 0 aliphatic rings. The summed E-state index contributed by atoms with van der Waals surface area (Å²) in [5, 5.41) is 0. The van der Waals surface area contributed by atoms with Crippen LogP contribution in [-0.4, -0.2) is 4.57 Å². The fraction of sp³-hybridized carbons (Fsp3) is 0.545. The Bertz CT molecular complexity index is 263. The van der Waals surface area contributed by atoms with Crippen molar-refractivity contribution in [2.24, 2.45) is 7.05 Å². The third-order valence-electron chi connectivity index (χ3n) is 1.26. The van der Waals surface area contributed by atoms with Crippen LogP contribution in [0.15, 0.2) is 23.1 Å². The molecule has 1 rings (SSSR count). The van der Waals surface area contributed by atoms with Gasteiger partial charge in [0.25, 0.3) is 5.56 Å². The number of aromatic nitrogens is 1. The first-order valence-electron chi connectivity index (χ1n) is 4.83. The lowest BCUT2D eigenvalue weighted by atomic mass is 10.3. The topological polar surface area (TPSA) is 22.0 Å². The van der Waals surface area contributed by atoms with Gasteiger partial charge in [-0.25, -0.2) is 0 Å². The molecule has 76 valence electrons. The molecule has 0 bridgehead atoms. The molecule has 0 saturated heterocycles. The second-order valence-corrected chi connectivity index (χ2v) is 2.15. The zero-order chi connectivity index (χ0) is 10.9. The highest BCUT2D eigenvalue weighted by Gasteiger charge is 1.86. The first-order valence-corrected chi connectivity index (χ1v) is 4.83. The van der Waals surface area contributed by atoms with Gasteiger partial charge in [0.2, 0.25) is 0 Å². The number of nitrogens with zero attached hydrogens (tertiary/aromatic N) is 1. The molecule has 2 heteroatoms. The smallest absolute Gasteiger partial charge is 0.250 e. The third kappa shape index (κ3) is 6.14. The highest BCUT2D eigenvalue weighted by atomic mass is 16.1. The Morgan fingerprint density at radius 3 is 1.92 bits per heavy atom. The van der Waals surface area contributed by atoms with Crippen LogP contribution in [0.2, 0.25) is 0 Å². The maximum absolute atomic E-state index is 10.8. The van der Waals surface area contributed by atoms with Gasteiger partial charge in [-0.05, 0) is 18.6 Å². The van der Waals surface area contributed by atoms with Gasteiger partial charge in [0.1, 0.15) is 0 Å². The Kier molecular flexibility index (Phi) is 10.1. The summed E-state index contributed by atoms with van der Waals surface area (Å²) in [7, 11) is 1.74. The van der Waals surface area contributed by atoms with E-state index in [2.05, 4.69) is 0 Å². The van der Waals surface area contributed by atoms with Crippen molar-refractivity contribution in [2.75, 3.05) is 0 Å². The van der Waals surface area contributed by atoms with E-state index in [4.69, 9.17) is 0 Å². The normalized spacial score (nSPS) is 7.54. The average Bonchev–Trinajstić information content (AvgIpc) is 2.18. The van der Waals surface area contributed by atoms with E-state index < -0.39 is 0 Å². The lowest BCUT2D eigenvalue weighted by molar-refractivity contribution is 0.856. The van der Waals surface area contributed by atoms with Crippen LogP contribution in [0.3, 0.4) is 0 Å². The Labute approximate surface area is 81.2 Å². The van der Waals surface area contributed by atoms with Gasteiger partial charge in [-0.15, -0.1) is 0 Å². The van der Waals surface area contributed by atoms with Crippen LogP contribution in [-0.2, 0) is 7.05 Å². The molecule has 0 unspecified atom stereocenters. The quantitative estimate of drug-likeness (QED) is 0.606. The van der Waals surface area contributed by atoms with Crippen LogP contribution >= 0.6 is 0 Å². The monoisotopic (exact) mass is 183 g/mol. The molecular weight excluding hydrogens is 162 g/mol. The van der Waals surface area contributed by atoms with Gasteiger partial charge in [-0.3, -0.25) is 4.79 Å². The molecule has 2 nitrogen and oxygen atoms in total. The van der Waals surface area contributed by atoms with E-state index >= 15 is 0 Å². The van der Waals surface area contributed by atoms with E-state index in [-0.39, 0.29) is 5.56 Å². The molecule has 0 N–H and O–H groups in total. The molecule has 0 aliphatic carbocycles. The van der Waals surface area contributed by atoms with Gasteiger partial charge in [0.15, 0.2) is 0 Å². The van der Waals surface area contributed by atoms with Crippen LogP contribution in [0, 0.1) is 6.92 Å². The molecule has 1 aromatic heterocycles. The first kappa shape index (κ1) is 14.5. The number of aryl methyl sites for hydroxylation is 2. The van der Waals surface area contributed by atoms with Crippen molar-refractivity contribution in [1.82, 2.24) is 4.57 Å².